The average molecular weight is 345 g/mol. The van der Waals surface area contributed by atoms with Gasteiger partial charge in [-0.2, -0.15) is 0 Å². The van der Waals surface area contributed by atoms with Gasteiger partial charge in [-0.15, -0.1) is 0 Å². The molecule has 24 heavy (non-hydrogen) atoms. The van der Waals surface area contributed by atoms with Crippen molar-refractivity contribution >= 4 is 26.9 Å². The number of hydrogen-bond donors (Lipinski definition) is 0. The van der Waals surface area contributed by atoms with Crippen LogP contribution in [0.25, 0.3) is 11.1 Å². The van der Waals surface area contributed by atoms with E-state index in [-0.39, 0.29) is 16.6 Å². The highest BCUT2D eigenvalue weighted by atomic mass is 32.2. The Morgan fingerprint density at radius 2 is 1.50 bits per heavy atom. The predicted molar refractivity (Wildman–Crippen MR) is 90.4 cm³/mol. The molecule has 4 nitrogen and oxygen atoms in total. The van der Waals surface area contributed by atoms with Gasteiger partial charge in [0.2, 0.25) is 0 Å². The molecule has 0 radical (unpaired) electrons. The number of nitrogens with zero attached hydrogens (tertiary/aromatic N) is 1. The van der Waals surface area contributed by atoms with E-state index in [1.807, 2.05) is 0 Å². The minimum absolute atomic E-state index is 0.138. The lowest BCUT2D eigenvalue weighted by Crippen LogP contribution is -2.21. The number of rotatable bonds is 3. The first kappa shape index (κ1) is 16.4. The maximum Gasteiger partial charge on any atom is 0.254 e. The molecule has 1 amide bonds. The molecule has 0 atom stereocenters. The van der Waals surface area contributed by atoms with Gasteiger partial charge >= 0.3 is 0 Å². The van der Waals surface area contributed by atoms with Crippen molar-refractivity contribution in [3.8, 4) is 0 Å². The molecule has 0 spiro atoms. The molecule has 2 aromatic rings. The third-order valence-electron chi connectivity index (χ3n) is 4.02. The van der Waals surface area contributed by atoms with Crippen LogP contribution in [0.3, 0.4) is 0 Å². The van der Waals surface area contributed by atoms with Crippen LogP contribution in [0.5, 0.6) is 0 Å². The quantitative estimate of drug-likeness (QED) is 0.859. The lowest BCUT2D eigenvalue weighted by atomic mass is 9.97. The molecule has 6 heteroatoms. The standard InChI is InChI=1S/C18H16FNO3S/c1-20-11-16(12-3-7-14(19)8-4-12)17(18(20)21)13-5-9-15(10-6-13)24(2,22)23/h3-10H,11H2,1-2H3. The Morgan fingerprint density at radius 1 is 0.958 bits per heavy atom. The molecule has 1 heterocycles. The Kier molecular flexibility index (Phi) is 4.01. The van der Waals surface area contributed by atoms with Gasteiger partial charge in [0.1, 0.15) is 5.82 Å². The van der Waals surface area contributed by atoms with E-state index in [1.54, 1.807) is 36.2 Å². The third kappa shape index (κ3) is 2.97. The summed E-state index contributed by atoms with van der Waals surface area (Å²) in [5.74, 6) is -0.475. The van der Waals surface area contributed by atoms with Crippen molar-refractivity contribution in [1.29, 1.82) is 0 Å². The topological polar surface area (TPSA) is 54.5 Å². The van der Waals surface area contributed by atoms with E-state index < -0.39 is 9.84 Å². The fourth-order valence-electron chi connectivity index (χ4n) is 2.76. The van der Waals surface area contributed by atoms with Crippen molar-refractivity contribution in [1.82, 2.24) is 4.90 Å². The van der Waals surface area contributed by atoms with Crippen LogP contribution in [0.1, 0.15) is 11.1 Å². The minimum Gasteiger partial charge on any atom is -0.337 e. The highest BCUT2D eigenvalue weighted by Crippen LogP contribution is 2.34. The number of carbonyl (C=O) groups excluding carboxylic acids is 1. The van der Waals surface area contributed by atoms with Crippen molar-refractivity contribution in [2.45, 2.75) is 4.90 Å². The van der Waals surface area contributed by atoms with Gasteiger partial charge in [0, 0.05) is 19.8 Å². The van der Waals surface area contributed by atoms with Crippen molar-refractivity contribution in [2.75, 3.05) is 19.8 Å². The first-order chi connectivity index (χ1) is 11.3. The zero-order valence-corrected chi connectivity index (χ0v) is 14.1. The summed E-state index contributed by atoms with van der Waals surface area (Å²) in [6.07, 6.45) is 1.14. The van der Waals surface area contributed by atoms with Crippen LogP contribution >= 0.6 is 0 Å². The molecule has 3 rings (SSSR count). The van der Waals surface area contributed by atoms with Gasteiger partial charge in [0.25, 0.3) is 5.91 Å². The highest BCUT2D eigenvalue weighted by molar-refractivity contribution is 7.90. The number of carbonyl (C=O) groups is 1. The number of amides is 1. The second kappa shape index (κ2) is 5.87. The molecule has 2 aromatic carbocycles. The number of halogens is 1. The molecule has 0 bridgehead atoms. The molecule has 124 valence electrons. The predicted octanol–water partition coefficient (Wildman–Crippen LogP) is 2.61. The SMILES string of the molecule is CN1CC(c2ccc(F)cc2)=C(c2ccc(S(C)(=O)=O)cc2)C1=O. The fourth-order valence-corrected chi connectivity index (χ4v) is 3.39. The van der Waals surface area contributed by atoms with Gasteiger partial charge in [-0.1, -0.05) is 24.3 Å². The van der Waals surface area contributed by atoms with Crippen molar-refractivity contribution < 1.29 is 17.6 Å². The molecular weight excluding hydrogens is 329 g/mol. The van der Waals surface area contributed by atoms with Crippen LogP contribution in [0, 0.1) is 5.82 Å². The Bertz CT molecular complexity index is 929. The summed E-state index contributed by atoms with van der Waals surface area (Å²) in [6.45, 7) is 0.424. The van der Waals surface area contributed by atoms with Gasteiger partial charge in [-0.3, -0.25) is 4.79 Å². The molecule has 0 saturated heterocycles. The Balaban J connectivity index is 2.12. The maximum absolute atomic E-state index is 13.2. The first-order valence-electron chi connectivity index (χ1n) is 7.32. The highest BCUT2D eigenvalue weighted by Gasteiger charge is 2.29. The van der Waals surface area contributed by atoms with Crippen molar-refractivity contribution in [3.05, 3.63) is 65.5 Å². The Morgan fingerprint density at radius 3 is 2.04 bits per heavy atom. The fraction of sp³-hybridized carbons (Fsp3) is 0.167. The van der Waals surface area contributed by atoms with Crippen LogP contribution in [0.15, 0.2) is 53.4 Å². The molecule has 1 aliphatic rings. The van der Waals surface area contributed by atoms with E-state index in [9.17, 15) is 17.6 Å². The molecule has 0 aromatic heterocycles. The molecule has 1 aliphatic heterocycles. The number of likely N-dealkylation sites (N-methyl/N-ethyl adjacent to an activating group) is 1. The van der Waals surface area contributed by atoms with E-state index in [0.29, 0.717) is 17.7 Å². The van der Waals surface area contributed by atoms with Crippen molar-refractivity contribution in [3.63, 3.8) is 0 Å². The van der Waals surface area contributed by atoms with Crippen LogP contribution in [0.2, 0.25) is 0 Å². The van der Waals surface area contributed by atoms with E-state index in [4.69, 9.17) is 0 Å². The number of hydrogen-bond acceptors (Lipinski definition) is 3. The lowest BCUT2D eigenvalue weighted by molar-refractivity contribution is -0.122. The monoisotopic (exact) mass is 345 g/mol. The second-order valence-electron chi connectivity index (χ2n) is 5.82. The van der Waals surface area contributed by atoms with E-state index in [1.165, 1.54) is 24.3 Å². The molecule has 0 fully saturated rings. The normalized spacial score (nSPS) is 15.3. The molecule has 0 N–H and O–H groups in total. The van der Waals surface area contributed by atoms with Gasteiger partial charge in [0.15, 0.2) is 9.84 Å². The Hall–Kier alpha value is -2.47. The zero-order chi connectivity index (χ0) is 17.5. The molecule has 0 saturated carbocycles. The van der Waals surface area contributed by atoms with Crippen LogP contribution in [-0.2, 0) is 14.6 Å². The molecule has 0 aliphatic carbocycles. The largest absolute Gasteiger partial charge is 0.337 e. The first-order valence-corrected chi connectivity index (χ1v) is 9.21. The maximum atomic E-state index is 13.2. The third-order valence-corrected chi connectivity index (χ3v) is 5.15. The zero-order valence-electron chi connectivity index (χ0n) is 13.3. The minimum atomic E-state index is -3.29. The summed E-state index contributed by atoms with van der Waals surface area (Å²) in [5.41, 5.74) is 2.74. The van der Waals surface area contributed by atoms with Crippen molar-refractivity contribution in [2.24, 2.45) is 0 Å². The molecular formula is C18H16FNO3S. The summed E-state index contributed by atoms with van der Waals surface area (Å²) in [6, 6.07) is 12.2. The van der Waals surface area contributed by atoms with Gasteiger partial charge in [-0.25, -0.2) is 12.8 Å². The summed E-state index contributed by atoms with van der Waals surface area (Å²) in [4.78, 5) is 14.3. The summed E-state index contributed by atoms with van der Waals surface area (Å²) in [7, 11) is -1.59. The Labute approximate surface area is 140 Å². The number of benzene rings is 2. The van der Waals surface area contributed by atoms with Crippen LogP contribution in [0.4, 0.5) is 4.39 Å². The van der Waals surface area contributed by atoms with Crippen LogP contribution < -0.4 is 0 Å². The summed E-state index contributed by atoms with van der Waals surface area (Å²) >= 11 is 0. The smallest absolute Gasteiger partial charge is 0.254 e. The van der Waals surface area contributed by atoms with Gasteiger partial charge < -0.3 is 4.90 Å². The van der Waals surface area contributed by atoms with Gasteiger partial charge in [-0.05, 0) is 41.0 Å². The second-order valence-corrected chi connectivity index (χ2v) is 7.83. The summed E-state index contributed by atoms with van der Waals surface area (Å²) < 4.78 is 36.3. The average Bonchev–Trinajstić information content (AvgIpc) is 2.83. The van der Waals surface area contributed by atoms with E-state index >= 15 is 0 Å². The van der Waals surface area contributed by atoms with Gasteiger partial charge in [0.05, 0.1) is 10.5 Å². The summed E-state index contributed by atoms with van der Waals surface area (Å²) in [5, 5.41) is 0. The molecule has 0 unspecified atom stereocenters. The van der Waals surface area contributed by atoms with E-state index in [0.717, 1.165) is 17.4 Å². The lowest BCUT2D eigenvalue weighted by Gasteiger charge is -2.08. The number of sulfone groups is 1. The van der Waals surface area contributed by atoms with Crippen LogP contribution in [-0.4, -0.2) is 39.1 Å². The van der Waals surface area contributed by atoms with E-state index in [2.05, 4.69) is 0 Å².